The first-order valence-corrected chi connectivity index (χ1v) is 6.35. The van der Waals surface area contributed by atoms with Gasteiger partial charge in [0.2, 0.25) is 0 Å². The minimum atomic E-state index is 0.132. The standard InChI is InChI=1S/C14H20N2O/c1-4-15(5-2)14(17)16-11(3)10-12-8-6-7-9-13(12)16/h6-9,11H,4-5,10H2,1-3H3. The molecule has 0 aliphatic carbocycles. The number of urea groups is 1. The fourth-order valence-electron chi connectivity index (χ4n) is 2.50. The van der Waals surface area contributed by atoms with Gasteiger partial charge in [0.25, 0.3) is 0 Å². The summed E-state index contributed by atoms with van der Waals surface area (Å²) in [5.74, 6) is 0. The summed E-state index contributed by atoms with van der Waals surface area (Å²) in [6.45, 7) is 7.69. The van der Waals surface area contributed by atoms with Gasteiger partial charge in [-0.1, -0.05) is 18.2 Å². The molecule has 1 aromatic carbocycles. The Morgan fingerprint density at radius 2 is 2.00 bits per heavy atom. The molecule has 0 radical (unpaired) electrons. The molecule has 3 nitrogen and oxygen atoms in total. The van der Waals surface area contributed by atoms with E-state index < -0.39 is 0 Å². The SMILES string of the molecule is CCN(CC)C(=O)N1c2ccccc2CC1C. The van der Waals surface area contributed by atoms with Crippen molar-refractivity contribution in [2.24, 2.45) is 0 Å². The average Bonchev–Trinajstić information content (AvgIpc) is 2.66. The van der Waals surface area contributed by atoms with Crippen molar-refractivity contribution in [3.63, 3.8) is 0 Å². The van der Waals surface area contributed by atoms with Crippen molar-refractivity contribution >= 4 is 11.7 Å². The van der Waals surface area contributed by atoms with Gasteiger partial charge in [0, 0.05) is 24.8 Å². The first-order valence-electron chi connectivity index (χ1n) is 6.35. The molecule has 0 N–H and O–H groups in total. The molecule has 2 rings (SSSR count). The summed E-state index contributed by atoms with van der Waals surface area (Å²) in [7, 11) is 0. The van der Waals surface area contributed by atoms with E-state index in [1.807, 2.05) is 41.8 Å². The number of anilines is 1. The Labute approximate surface area is 103 Å². The van der Waals surface area contributed by atoms with Gasteiger partial charge in [-0.05, 0) is 38.8 Å². The maximum absolute atomic E-state index is 12.4. The summed E-state index contributed by atoms with van der Waals surface area (Å²) in [4.78, 5) is 16.2. The quantitative estimate of drug-likeness (QED) is 0.769. The number of para-hydroxylation sites is 1. The molecule has 1 aliphatic rings. The van der Waals surface area contributed by atoms with Gasteiger partial charge >= 0.3 is 6.03 Å². The van der Waals surface area contributed by atoms with Gasteiger partial charge in [-0.3, -0.25) is 4.90 Å². The molecule has 1 aliphatic heterocycles. The van der Waals surface area contributed by atoms with Gasteiger partial charge < -0.3 is 4.90 Å². The largest absolute Gasteiger partial charge is 0.325 e. The topological polar surface area (TPSA) is 23.6 Å². The van der Waals surface area contributed by atoms with Crippen LogP contribution in [0, 0.1) is 0 Å². The molecule has 17 heavy (non-hydrogen) atoms. The van der Waals surface area contributed by atoms with Crippen LogP contribution in [0.2, 0.25) is 0 Å². The monoisotopic (exact) mass is 232 g/mol. The molecule has 2 amide bonds. The third kappa shape index (κ3) is 2.02. The van der Waals surface area contributed by atoms with Crippen LogP contribution in [-0.2, 0) is 6.42 Å². The number of nitrogens with zero attached hydrogens (tertiary/aromatic N) is 2. The van der Waals surface area contributed by atoms with Gasteiger partial charge in [0.05, 0.1) is 0 Å². The van der Waals surface area contributed by atoms with Crippen LogP contribution >= 0.6 is 0 Å². The molecule has 1 unspecified atom stereocenters. The summed E-state index contributed by atoms with van der Waals surface area (Å²) in [6, 6.07) is 8.59. The molecule has 92 valence electrons. The number of carbonyl (C=O) groups excluding carboxylic acids is 1. The zero-order valence-corrected chi connectivity index (χ0v) is 10.8. The Morgan fingerprint density at radius 1 is 1.35 bits per heavy atom. The summed E-state index contributed by atoms with van der Waals surface area (Å²) >= 11 is 0. The van der Waals surface area contributed by atoms with E-state index in [0.717, 1.165) is 25.2 Å². The maximum Gasteiger partial charge on any atom is 0.324 e. The van der Waals surface area contributed by atoms with E-state index in [2.05, 4.69) is 13.0 Å². The highest BCUT2D eigenvalue weighted by molar-refractivity contribution is 5.94. The minimum Gasteiger partial charge on any atom is -0.325 e. The van der Waals surface area contributed by atoms with Crippen molar-refractivity contribution in [2.75, 3.05) is 18.0 Å². The Bertz CT molecular complexity index is 412. The molecule has 1 atom stereocenters. The highest BCUT2D eigenvalue weighted by Gasteiger charge is 2.32. The van der Waals surface area contributed by atoms with E-state index in [4.69, 9.17) is 0 Å². The Balaban J connectivity index is 2.30. The molecule has 1 heterocycles. The van der Waals surface area contributed by atoms with Gasteiger partial charge in [0.15, 0.2) is 0 Å². The number of amides is 2. The number of carbonyl (C=O) groups is 1. The summed E-state index contributed by atoms with van der Waals surface area (Å²) in [6.07, 6.45) is 0.961. The smallest absolute Gasteiger partial charge is 0.324 e. The number of benzene rings is 1. The van der Waals surface area contributed by atoms with E-state index in [9.17, 15) is 4.79 Å². The van der Waals surface area contributed by atoms with Crippen LogP contribution < -0.4 is 4.90 Å². The van der Waals surface area contributed by atoms with E-state index in [-0.39, 0.29) is 12.1 Å². The zero-order chi connectivity index (χ0) is 12.4. The Kier molecular flexibility index (Phi) is 3.36. The number of fused-ring (bicyclic) bond motifs is 1. The lowest BCUT2D eigenvalue weighted by atomic mass is 10.1. The first-order chi connectivity index (χ1) is 8.19. The molecule has 0 saturated carbocycles. The molecular weight excluding hydrogens is 212 g/mol. The fraction of sp³-hybridized carbons (Fsp3) is 0.500. The molecule has 0 aromatic heterocycles. The highest BCUT2D eigenvalue weighted by atomic mass is 16.2. The Hall–Kier alpha value is -1.51. The number of hydrogen-bond acceptors (Lipinski definition) is 1. The maximum atomic E-state index is 12.4. The van der Waals surface area contributed by atoms with Gasteiger partial charge in [-0.25, -0.2) is 4.79 Å². The second-order valence-corrected chi connectivity index (χ2v) is 4.51. The lowest BCUT2D eigenvalue weighted by Crippen LogP contribution is -2.45. The second-order valence-electron chi connectivity index (χ2n) is 4.51. The number of rotatable bonds is 2. The van der Waals surface area contributed by atoms with Crippen LogP contribution in [0.4, 0.5) is 10.5 Å². The normalized spacial score (nSPS) is 18.1. The lowest BCUT2D eigenvalue weighted by Gasteiger charge is -2.29. The molecule has 0 bridgehead atoms. The van der Waals surface area contributed by atoms with E-state index in [1.54, 1.807) is 0 Å². The number of hydrogen-bond donors (Lipinski definition) is 0. The Morgan fingerprint density at radius 3 is 2.65 bits per heavy atom. The summed E-state index contributed by atoms with van der Waals surface area (Å²) < 4.78 is 0. The van der Waals surface area contributed by atoms with Crippen molar-refractivity contribution in [1.29, 1.82) is 0 Å². The first kappa shape index (κ1) is 12.0. The third-order valence-corrected chi connectivity index (χ3v) is 3.45. The zero-order valence-electron chi connectivity index (χ0n) is 10.8. The van der Waals surface area contributed by atoms with Gasteiger partial charge in [0.1, 0.15) is 0 Å². The predicted molar refractivity (Wildman–Crippen MR) is 70.4 cm³/mol. The highest BCUT2D eigenvalue weighted by Crippen LogP contribution is 2.32. The molecule has 0 fully saturated rings. The molecule has 3 heteroatoms. The minimum absolute atomic E-state index is 0.132. The summed E-state index contributed by atoms with van der Waals surface area (Å²) in [5, 5.41) is 0. The van der Waals surface area contributed by atoms with Crippen molar-refractivity contribution in [3.05, 3.63) is 29.8 Å². The van der Waals surface area contributed by atoms with Gasteiger partial charge in [-0.2, -0.15) is 0 Å². The van der Waals surface area contributed by atoms with Crippen molar-refractivity contribution < 1.29 is 4.79 Å². The van der Waals surface area contributed by atoms with E-state index >= 15 is 0 Å². The average molecular weight is 232 g/mol. The van der Waals surface area contributed by atoms with Crippen molar-refractivity contribution in [3.8, 4) is 0 Å². The van der Waals surface area contributed by atoms with Crippen LogP contribution in [0.3, 0.4) is 0 Å². The molecule has 0 spiro atoms. The van der Waals surface area contributed by atoms with Crippen molar-refractivity contribution in [1.82, 2.24) is 4.90 Å². The lowest BCUT2D eigenvalue weighted by molar-refractivity contribution is 0.208. The van der Waals surface area contributed by atoms with Crippen LogP contribution in [0.5, 0.6) is 0 Å². The fourth-order valence-corrected chi connectivity index (χ4v) is 2.50. The van der Waals surface area contributed by atoms with Crippen LogP contribution in [0.15, 0.2) is 24.3 Å². The predicted octanol–water partition coefficient (Wildman–Crippen LogP) is 2.90. The molecule has 0 saturated heterocycles. The van der Waals surface area contributed by atoms with Crippen LogP contribution in [-0.4, -0.2) is 30.1 Å². The van der Waals surface area contributed by atoms with Crippen LogP contribution in [0.25, 0.3) is 0 Å². The van der Waals surface area contributed by atoms with Gasteiger partial charge in [-0.15, -0.1) is 0 Å². The van der Waals surface area contributed by atoms with E-state index in [1.165, 1.54) is 5.56 Å². The second kappa shape index (κ2) is 4.78. The van der Waals surface area contributed by atoms with Crippen molar-refractivity contribution in [2.45, 2.75) is 33.2 Å². The molecular formula is C14H20N2O. The molecule has 1 aromatic rings. The summed E-state index contributed by atoms with van der Waals surface area (Å²) in [5.41, 5.74) is 2.36. The third-order valence-electron chi connectivity index (χ3n) is 3.45. The van der Waals surface area contributed by atoms with E-state index in [0.29, 0.717) is 0 Å². The van der Waals surface area contributed by atoms with Crippen LogP contribution in [0.1, 0.15) is 26.3 Å².